The van der Waals surface area contributed by atoms with Crippen molar-refractivity contribution in [3.05, 3.63) is 54.2 Å². The van der Waals surface area contributed by atoms with Crippen LogP contribution in [0.1, 0.15) is 30.8 Å². The number of hydrogen-bond acceptors (Lipinski definition) is 4. The van der Waals surface area contributed by atoms with Crippen LogP contribution in [0, 0.1) is 0 Å². The molecule has 0 fully saturated rings. The molecule has 0 spiro atoms. The maximum absolute atomic E-state index is 10.2. The fourth-order valence-corrected chi connectivity index (χ4v) is 2.05. The van der Waals surface area contributed by atoms with Crippen molar-refractivity contribution >= 4 is 5.96 Å². The Morgan fingerprint density at radius 3 is 2.74 bits per heavy atom. The molecule has 2 heterocycles. The standard InChI is InChI=1S/C17H24N4O2/c1-2-8-19-17(20-11-7-15-4-3-12-23-15)21-13-16(22)14-5-9-18-10-6-14/h3-6,9-10,12,16,22H,2,7-8,11,13H2,1H3,(H2,19,20,21). The summed E-state index contributed by atoms with van der Waals surface area (Å²) in [5, 5.41) is 16.7. The summed E-state index contributed by atoms with van der Waals surface area (Å²) in [5.74, 6) is 1.63. The van der Waals surface area contributed by atoms with Crippen LogP contribution in [0.25, 0.3) is 0 Å². The molecule has 0 aliphatic rings. The summed E-state index contributed by atoms with van der Waals surface area (Å²) < 4.78 is 5.31. The van der Waals surface area contributed by atoms with Gasteiger partial charge in [0, 0.05) is 31.9 Å². The van der Waals surface area contributed by atoms with Gasteiger partial charge in [-0.3, -0.25) is 9.98 Å². The topological polar surface area (TPSA) is 82.7 Å². The molecule has 23 heavy (non-hydrogen) atoms. The van der Waals surface area contributed by atoms with Gasteiger partial charge in [0.15, 0.2) is 5.96 Å². The number of aromatic nitrogens is 1. The third kappa shape index (κ3) is 6.12. The number of aliphatic hydroxyl groups is 1. The molecular weight excluding hydrogens is 292 g/mol. The second-order valence-electron chi connectivity index (χ2n) is 5.17. The smallest absolute Gasteiger partial charge is 0.191 e. The predicted octanol–water partition coefficient (Wildman–Crippen LogP) is 1.90. The van der Waals surface area contributed by atoms with Crippen LogP contribution < -0.4 is 10.6 Å². The van der Waals surface area contributed by atoms with Gasteiger partial charge in [-0.25, -0.2) is 0 Å². The van der Waals surface area contributed by atoms with Crippen molar-refractivity contribution in [2.24, 2.45) is 4.99 Å². The summed E-state index contributed by atoms with van der Waals surface area (Å²) in [4.78, 5) is 8.40. The summed E-state index contributed by atoms with van der Waals surface area (Å²) >= 11 is 0. The number of rotatable bonds is 8. The van der Waals surface area contributed by atoms with Crippen molar-refractivity contribution in [1.29, 1.82) is 0 Å². The van der Waals surface area contributed by atoms with Crippen LogP contribution in [0.5, 0.6) is 0 Å². The normalized spacial score (nSPS) is 12.9. The molecule has 0 amide bonds. The Balaban J connectivity index is 1.85. The Morgan fingerprint density at radius 1 is 1.26 bits per heavy atom. The van der Waals surface area contributed by atoms with Crippen LogP contribution in [0.4, 0.5) is 0 Å². The number of furan rings is 1. The number of aliphatic hydroxyl groups excluding tert-OH is 1. The predicted molar refractivity (Wildman–Crippen MR) is 90.2 cm³/mol. The molecule has 124 valence electrons. The van der Waals surface area contributed by atoms with Gasteiger partial charge in [-0.05, 0) is 36.2 Å². The van der Waals surface area contributed by atoms with Gasteiger partial charge < -0.3 is 20.2 Å². The first-order chi connectivity index (χ1) is 11.3. The van der Waals surface area contributed by atoms with Crippen LogP contribution in [0.15, 0.2) is 52.3 Å². The Morgan fingerprint density at radius 2 is 2.04 bits per heavy atom. The average Bonchev–Trinajstić information content (AvgIpc) is 3.10. The first-order valence-corrected chi connectivity index (χ1v) is 7.92. The van der Waals surface area contributed by atoms with Crippen LogP contribution in [-0.4, -0.2) is 35.7 Å². The molecule has 6 nitrogen and oxygen atoms in total. The van der Waals surface area contributed by atoms with Crippen molar-refractivity contribution in [2.45, 2.75) is 25.9 Å². The molecule has 1 atom stereocenters. The van der Waals surface area contributed by atoms with E-state index in [2.05, 4.69) is 27.5 Å². The largest absolute Gasteiger partial charge is 0.469 e. The highest BCUT2D eigenvalue weighted by Gasteiger charge is 2.07. The van der Waals surface area contributed by atoms with Gasteiger partial charge in [-0.1, -0.05) is 6.92 Å². The van der Waals surface area contributed by atoms with E-state index in [-0.39, 0.29) is 0 Å². The summed E-state index contributed by atoms with van der Waals surface area (Å²) in [6, 6.07) is 7.42. The number of aliphatic imine (C=N–C) groups is 1. The highest BCUT2D eigenvalue weighted by Crippen LogP contribution is 2.10. The molecule has 0 aromatic carbocycles. The molecule has 0 saturated heterocycles. The fourth-order valence-electron chi connectivity index (χ4n) is 2.05. The van der Waals surface area contributed by atoms with Crippen molar-refractivity contribution in [3.8, 4) is 0 Å². The summed E-state index contributed by atoms with van der Waals surface area (Å²) in [7, 11) is 0. The van der Waals surface area contributed by atoms with Gasteiger partial charge >= 0.3 is 0 Å². The number of guanidine groups is 1. The lowest BCUT2D eigenvalue weighted by Crippen LogP contribution is -2.39. The molecule has 0 radical (unpaired) electrons. The molecule has 0 bridgehead atoms. The van der Waals surface area contributed by atoms with E-state index in [0.717, 1.165) is 30.7 Å². The zero-order valence-electron chi connectivity index (χ0n) is 13.4. The van der Waals surface area contributed by atoms with Crippen LogP contribution in [0.3, 0.4) is 0 Å². The fraction of sp³-hybridized carbons (Fsp3) is 0.412. The minimum Gasteiger partial charge on any atom is -0.469 e. The van der Waals surface area contributed by atoms with Gasteiger partial charge in [-0.2, -0.15) is 0 Å². The Kier molecular flexibility index (Phi) is 7.13. The van der Waals surface area contributed by atoms with Gasteiger partial charge in [0.1, 0.15) is 5.76 Å². The molecule has 1 unspecified atom stereocenters. The lowest BCUT2D eigenvalue weighted by molar-refractivity contribution is 0.187. The molecule has 2 aromatic heterocycles. The molecule has 2 aromatic rings. The van der Waals surface area contributed by atoms with E-state index in [0.29, 0.717) is 19.0 Å². The highest BCUT2D eigenvalue weighted by molar-refractivity contribution is 5.79. The zero-order chi connectivity index (χ0) is 16.3. The van der Waals surface area contributed by atoms with Crippen molar-refractivity contribution in [3.63, 3.8) is 0 Å². The first-order valence-electron chi connectivity index (χ1n) is 7.92. The second kappa shape index (κ2) is 9.63. The van der Waals surface area contributed by atoms with E-state index >= 15 is 0 Å². The number of hydrogen-bond donors (Lipinski definition) is 3. The first kappa shape index (κ1) is 17.0. The average molecular weight is 316 g/mol. The van der Waals surface area contributed by atoms with E-state index in [1.807, 2.05) is 12.1 Å². The van der Waals surface area contributed by atoms with Gasteiger partial charge in [0.25, 0.3) is 0 Å². The third-order valence-corrected chi connectivity index (χ3v) is 3.30. The molecule has 0 aliphatic heterocycles. The molecule has 0 saturated carbocycles. The third-order valence-electron chi connectivity index (χ3n) is 3.30. The SMILES string of the molecule is CCCNC(=NCC(O)c1ccncc1)NCCc1ccco1. The maximum Gasteiger partial charge on any atom is 0.191 e. The molecule has 6 heteroatoms. The molecule has 0 aliphatic carbocycles. The monoisotopic (exact) mass is 316 g/mol. The Bertz CT molecular complexity index is 570. The Hall–Kier alpha value is -2.34. The lowest BCUT2D eigenvalue weighted by Gasteiger charge is -2.13. The molecule has 3 N–H and O–H groups in total. The summed E-state index contributed by atoms with van der Waals surface area (Å²) in [6.07, 6.45) is 6.16. The van der Waals surface area contributed by atoms with Crippen molar-refractivity contribution < 1.29 is 9.52 Å². The maximum atomic E-state index is 10.2. The van der Waals surface area contributed by atoms with E-state index in [4.69, 9.17) is 4.42 Å². The lowest BCUT2D eigenvalue weighted by atomic mass is 10.1. The van der Waals surface area contributed by atoms with Crippen LogP contribution in [0.2, 0.25) is 0 Å². The van der Waals surface area contributed by atoms with Gasteiger partial charge in [0.05, 0.1) is 18.9 Å². The highest BCUT2D eigenvalue weighted by atomic mass is 16.3. The van der Waals surface area contributed by atoms with Crippen LogP contribution >= 0.6 is 0 Å². The number of nitrogens with one attached hydrogen (secondary N) is 2. The van der Waals surface area contributed by atoms with E-state index in [1.54, 1.807) is 30.8 Å². The molecular formula is C17H24N4O2. The van der Waals surface area contributed by atoms with Crippen molar-refractivity contribution in [1.82, 2.24) is 15.6 Å². The Labute approximate surface area is 136 Å². The van der Waals surface area contributed by atoms with Crippen LogP contribution in [-0.2, 0) is 6.42 Å². The van der Waals surface area contributed by atoms with Crippen molar-refractivity contribution in [2.75, 3.05) is 19.6 Å². The van der Waals surface area contributed by atoms with E-state index < -0.39 is 6.10 Å². The minimum absolute atomic E-state index is 0.295. The summed E-state index contributed by atoms with van der Waals surface area (Å²) in [6.45, 7) is 3.94. The summed E-state index contributed by atoms with van der Waals surface area (Å²) in [5.41, 5.74) is 0.814. The van der Waals surface area contributed by atoms with Gasteiger partial charge in [0.2, 0.25) is 0 Å². The number of pyridine rings is 1. The second-order valence-corrected chi connectivity index (χ2v) is 5.17. The zero-order valence-corrected chi connectivity index (χ0v) is 13.4. The molecule has 2 rings (SSSR count). The quantitative estimate of drug-likeness (QED) is 0.512. The minimum atomic E-state index is -0.636. The van der Waals surface area contributed by atoms with Gasteiger partial charge in [-0.15, -0.1) is 0 Å². The van der Waals surface area contributed by atoms with E-state index in [9.17, 15) is 5.11 Å². The van der Waals surface area contributed by atoms with E-state index in [1.165, 1.54) is 0 Å². The number of nitrogens with zero attached hydrogens (tertiary/aromatic N) is 2.